The van der Waals surface area contributed by atoms with Gasteiger partial charge in [0.2, 0.25) is 0 Å². The molecule has 3 aromatic rings. The summed E-state index contributed by atoms with van der Waals surface area (Å²) in [5, 5.41) is 0. The van der Waals surface area contributed by atoms with Crippen molar-refractivity contribution < 1.29 is 4.39 Å². The van der Waals surface area contributed by atoms with E-state index in [2.05, 4.69) is 0 Å². The van der Waals surface area contributed by atoms with Gasteiger partial charge < -0.3 is 0 Å². The highest BCUT2D eigenvalue weighted by Crippen LogP contribution is 2.18. The summed E-state index contributed by atoms with van der Waals surface area (Å²) in [4.78, 5) is 12.3. The predicted molar refractivity (Wildman–Crippen MR) is 69.1 cm³/mol. The largest absolute Gasteiger partial charge is 0.281 e. The van der Waals surface area contributed by atoms with Gasteiger partial charge in [0, 0.05) is 6.20 Å². The molecule has 0 fully saturated rings. The number of halogens is 1. The summed E-state index contributed by atoms with van der Waals surface area (Å²) in [5.74, 6) is -0.394. The van der Waals surface area contributed by atoms with Gasteiger partial charge in [-0.1, -0.05) is 36.4 Å². The first-order valence-corrected chi connectivity index (χ1v) is 5.63. The minimum absolute atomic E-state index is 0.210. The Morgan fingerprint density at radius 1 is 0.944 bits per heavy atom. The number of pyridine rings is 2. The van der Waals surface area contributed by atoms with Crippen LogP contribution in [0.1, 0.15) is 0 Å². The van der Waals surface area contributed by atoms with Crippen molar-refractivity contribution in [3.63, 3.8) is 0 Å². The van der Waals surface area contributed by atoms with Crippen LogP contribution >= 0.6 is 0 Å². The number of rotatable bonds is 1. The highest BCUT2D eigenvalue weighted by atomic mass is 19.1. The second kappa shape index (κ2) is 4.11. The Bertz CT molecular complexity index is 762. The maximum absolute atomic E-state index is 14.0. The van der Waals surface area contributed by atoms with Crippen molar-refractivity contribution in [3.8, 4) is 11.1 Å². The van der Waals surface area contributed by atoms with Crippen LogP contribution < -0.4 is 5.56 Å². The van der Waals surface area contributed by atoms with E-state index in [0.717, 1.165) is 5.56 Å². The number of fused-ring (bicyclic) bond motifs is 1. The van der Waals surface area contributed by atoms with Crippen molar-refractivity contribution >= 4 is 5.52 Å². The van der Waals surface area contributed by atoms with E-state index in [-0.39, 0.29) is 5.56 Å². The Kier molecular flexibility index (Phi) is 2.45. The van der Waals surface area contributed by atoms with E-state index in [9.17, 15) is 9.18 Å². The van der Waals surface area contributed by atoms with E-state index in [0.29, 0.717) is 11.1 Å². The van der Waals surface area contributed by atoms with Crippen LogP contribution in [0.5, 0.6) is 0 Å². The normalized spacial score (nSPS) is 10.7. The standard InChI is InChI=1S/C15H10FNO/c16-13-10-12(11-6-2-1-3-7-11)15(18)17-9-5-4-8-14(13)17/h1-10H. The quantitative estimate of drug-likeness (QED) is 0.639. The third kappa shape index (κ3) is 1.61. The van der Waals surface area contributed by atoms with Gasteiger partial charge >= 0.3 is 0 Å². The lowest BCUT2D eigenvalue weighted by molar-refractivity contribution is 0.631. The molecule has 0 aliphatic heterocycles. The molecule has 0 N–H and O–H groups in total. The first-order valence-electron chi connectivity index (χ1n) is 5.63. The molecule has 2 aromatic heterocycles. The Balaban J connectivity index is 2.39. The fraction of sp³-hybridized carbons (Fsp3) is 0. The molecule has 2 nitrogen and oxygen atoms in total. The Hall–Kier alpha value is -2.42. The van der Waals surface area contributed by atoms with Crippen molar-refractivity contribution in [3.05, 3.63) is 77.0 Å². The fourth-order valence-corrected chi connectivity index (χ4v) is 2.03. The monoisotopic (exact) mass is 239 g/mol. The molecule has 0 amide bonds. The molecule has 0 saturated heterocycles. The van der Waals surface area contributed by atoms with Crippen molar-refractivity contribution in [2.24, 2.45) is 0 Å². The maximum atomic E-state index is 14.0. The van der Waals surface area contributed by atoms with Crippen LogP contribution in [-0.2, 0) is 0 Å². The molecule has 0 saturated carbocycles. The SMILES string of the molecule is O=c1c(-c2ccccc2)cc(F)c2ccccn12. The van der Waals surface area contributed by atoms with Crippen molar-refractivity contribution in [2.75, 3.05) is 0 Å². The van der Waals surface area contributed by atoms with Gasteiger partial charge in [0.1, 0.15) is 5.82 Å². The molecule has 0 aliphatic carbocycles. The molecule has 1 aromatic carbocycles. The zero-order chi connectivity index (χ0) is 12.5. The van der Waals surface area contributed by atoms with E-state index in [1.165, 1.54) is 10.5 Å². The van der Waals surface area contributed by atoms with Crippen LogP contribution in [0, 0.1) is 5.82 Å². The number of hydrogen-bond donors (Lipinski definition) is 0. The van der Waals surface area contributed by atoms with Crippen LogP contribution in [0.4, 0.5) is 4.39 Å². The summed E-state index contributed by atoms with van der Waals surface area (Å²) in [5.41, 5.74) is 1.18. The zero-order valence-corrected chi connectivity index (χ0v) is 9.51. The lowest BCUT2D eigenvalue weighted by Crippen LogP contribution is -2.16. The third-order valence-corrected chi connectivity index (χ3v) is 2.91. The van der Waals surface area contributed by atoms with E-state index >= 15 is 0 Å². The van der Waals surface area contributed by atoms with Gasteiger partial charge in [-0.2, -0.15) is 0 Å². The van der Waals surface area contributed by atoms with Crippen molar-refractivity contribution in [1.82, 2.24) is 4.40 Å². The number of nitrogens with zero attached hydrogens (tertiary/aromatic N) is 1. The average Bonchev–Trinajstić information content (AvgIpc) is 2.44. The first kappa shape index (κ1) is 10.7. The lowest BCUT2D eigenvalue weighted by Gasteiger charge is -2.06. The van der Waals surface area contributed by atoms with Crippen LogP contribution in [0.25, 0.3) is 16.6 Å². The molecule has 0 spiro atoms. The van der Waals surface area contributed by atoms with Gasteiger partial charge in [0.15, 0.2) is 0 Å². The second-order valence-electron chi connectivity index (χ2n) is 4.03. The number of benzene rings is 1. The van der Waals surface area contributed by atoms with Gasteiger partial charge in [-0.3, -0.25) is 9.20 Å². The molecule has 18 heavy (non-hydrogen) atoms. The second-order valence-corrected chi connectivity index (χ2v) is 4.03. The first-order chi connectivity index (χ1) is 8.77. The summed E-state index contributed by atoms with van der Waals surface area (Å²) >= 11 is 0. The molecule has 0 radical (unpaired) electrons. The maximum Gasteiger partial charge on any atom is 0.263 e. The molecule has 0 aliphatic rings. The van der Waals surface area contributed by atoms with Crippen LogP contribution in [0.3, 0.4) is 0 Å². The van der Waals surface area contributed by atoms with Crippen molar-refractivity contribution in [2.45, 2.75) is 0 Å². The van der Waals surface area contributed by atoms with Gasteiger partial charge in [-0.05, 0) is 23.8 Å². The average molecular weight is 239 g/mol. The molecule has 88 valence electrons. The van der Waals surface area contributed by atoms with E-state index < -0.39 is 5.82 Å². The van der Waals surface area contributed by atoms with E-state index in [1.807, 2.05) is 18.2 Å². The molecule has 2 heterocycles. The zero-order valence-electron chi connectivity index (χ0n) is 9.51. The van der Waals surface area contributed by atoms with Crippen LogP contribution in [0.15, 0.2) is 65.6 Å². The van der Waals surface area contributed by atoms with Gasteiger partial charge in [-0.25, -0.2) is 4.39 Å². The Morgan fingerprint density at radius 3 is 2.44 bits per heavy atom. The highest BCUT2D eigenvalue weighted by Gasteiger charge is 2.09. The number of aromatic nitrogens is 1. The van der Waals surface area contributed by atoms with E-state index in [1.54, 1.807) is 36.5 Å². The van der Waals surface area contributed by atoms with Gasteiger partial charge in [0.25, 0.3) is 5.56 Å². The smallest absolute Gasteiger partial charge is 0.263 e. The minimum atomic E-state index is -0.394. The lowest BCUT2D eigenvalue weighted by atomic mass is 10.1. The topological polar surface area (TPSA) is 21.5 Å². The van der Waals surface area contributed by atoms with E-state index in [4.69, 9.17) is 0 Å². The summed E-state index contributed by atoms with van der Waals surface area (Å²) in [6, 6.07) is 15.4. The molecule has 3 rings (SSSR count). The molecular formula is C15H10FNO. The summed E-state index contributed by atoms with van der Waals surface area (Å²) in [6.07, 6.45) is 1.58. The molecule has 0 bridgehead atoms. The van der Waals surface area contributed by atoms with Crippen LogP contribution in [-0.4, -0.2) is 4.40 Å². The Labute approximate surface area is 103 Å². The fourth-order valence-electron chi connectivity index (χ4n) is 2.03. The number of hydrogen-bond acceptors (Lipinski definition) is 1. The predicted octanol–water partition coefficient (Wildman–Crippen LogP) is 3.11. The van der Waals surface area contributed by atoms with Crippen LogP contribution in [0.2, 0.25) is 0 Å². The molecule has 0 atom stereocenters. The summed E-state index contributed by atoms with van der Waals surface area (Å²) in [6.45, 7) is 0. The van der Waals surface area contributed by atoms with Gasteiger partial charge in [-0.15, -0.1) is 0 Å². The highest BCUT2D eigenvalue weighted by molar-refractivity contribution is 5.65. The Morgan fingerprint density at radius 2 is 1.67 bits per heavy atom. The molecular weight excluding hydrogens is 229 g/mol. The molecule has 3 heteroatoms. The summed E-state index contributed by atoms with van der Waals surface area (Å²) in [7, 11) is 0. The minimum Gasteiger partial charge on any atom is -0.281 e. The summed E-state index contributed by atoms with van der Waals surface area (Å²) < 4.78 is 15.3. The van der Waals surface area contributed by atoms with Gasteiger partial charge in [0.05, 0.1) is 11.1 Å². The third-order valence-electron chi connectivity index (χ3n) is 2.91. The molecule has 0 unspecified atom stereocenters. The van der Waals surface area contributed by atoms with Crippen molar-refractivity contribution in [1.29, 1.82) is 0 Å².